The Morgan fingerprint density at radius 1 is 0.519 bits per heavy atom. The molecule has 7 nitrogen and oxygen atoms in total. The van der Waals surface area contributed by atoms with Crippen LogP contribution in [-0.2, 0) is 26.2 Å². The molecule has 0 saturated heterocycles. The monoisotopic (exact) mass is 716 g/mol. The summed E-state index contributed by atoms with van der Waals surface area (Å²) in [7, 11) is 0. The summed E-state index contributed by atoms with van der Waals surface area (Å²) >= 11 is 1.71. The third-order valence-electron chi connectivity index (χ3n) is 8.46. The summed E-state index contributed by atoms with van der Waals surface area (Å²) in [5.41, 5.74) is 4.33. The maximum absolute atomic E-state index is 6.27. The van der Waals surface area contributed by atoms with Crippen LogP contribution in [0.15, 0.2) is 119 Å². The molecule has 0 unspecified atom stereocenters. The molecule has 5 aromatic carbocycles. The lowest BCUT2D eigenvalue weighted by molar-refractivity contribution is 0.0868. The zero-order chi connectivity index (χ0) is 36.3. The molecule has 2 aliphatic heterocycles. The Bertz CT molecular complexity index is 1970. The molecule has 0 fully saturated rings. The maximum Gasteiger partial charge on any atom is 0.142 e. The number of benzene rings is 5. The lowest BCUT2D eigenvalue weighted by Crippen LogP contribution is -2.32. The molecule has 0 saturated carbocycles. The molecule has 8 heteroatoms. The van der Waals surface area contributed by atoms with E-state index < -0.39 is 0 Å². The van der Waals surface area contributed by atoms with Crippen molar-refractivity contribution in [1.29, 1.82) is 0 Å². The summed E-state index contributed by atoms with van der Waals surface area (Å²) in [4.78, 5) is 6.92. The molecule has 0 aliphatic carbocycles. The first-order chi connectivity index (χ1) is 24.9. The van der Waals surface area contributed by atoms with Gasteiger partial charge in [0.25, 0.3) is 0 Å². The summed E-state index contributed by atoms with van der Waals surface area (Å²) in [5, 5.41) is 0. The van der Waals surface area contributed by atoms with E-state index in [0.29, 0.717) is 13.5 Å². The van der Waals surface area contributed by atoms with Crippen LogP contribution in [0.5, 0.6) is 34.5 Å². The highest BCUT2D eigenvalue weighted by Gasteiger charge is 2.21. The van der Waals surface area contributed by atoms with Crippen molar-refractivity contribution >= 4 is 11.8 Å². The SMILES string of the molecule is CC(C)(C)Oc1ccc(Sc2ccc(Oc3ccc4c(c3)CN(Cc3ccc(CN5COc6ccc(OC(C)(C)C)cc6C5)cc3)CO4)cc2)cc1. The molecule has 270 valence electrons. The van der Waals surface area contributed by atoms with Crippen LogP contribution in [0, 0.1) is 0 Å². The van der Waals surface area contributed by atoms with Crippen LogP contribution in [0.3, 0.4) is 0 Å². The van der Waals surface area contributed by atoms with E-state index in [2.05, 4.69) is 112 Å². The van der Waals surface area contributed by atoms with Gasteiger partial charge in [0.1, 0.15) is 59.2 Å². The van der Waals surface area contributed by atoms with Gasteiger partial charge < -0.3 is 23.7 Å². The van der Waals surface area contributed by atoms with E-state index in [1.54, 1.807) is 11.8 Å². The first-order valence-corrected chi connectivity index (χ1v) is 18.7. The average Bonchev–Trinajstić information content (AvgIpc) is 3.09. The minimum atomic E-state index is -0.238. The summed E-state index contributed by atoms with van der Waals surface area (Å²) in [5.74, 6) is 5.19. The van der Waals surface area contributed by atoms with Gasteiger partial charge >= 0.3 is 0 Å². The third kappa shape index (κ3) is 9.82. The van der Waals surface area contributed by atoms with Crippen molar-refractivity contribution in [2.75, 3.05) is 13.5 Å². The van der Waals surface area contributed by atoms with Crippen molar-refractivity contribution in [3.05, 3.63) is 131 Å². The Morgan fingerprint density at radius 3 is 1.44 bits per heavy atom. The van der Waals surface area contributed by atoms with Gasteiger partial charge in [0.2, 0.25) is 0 Å². The molecule has 0 amide bonds. The molecule has 0 aromatic heterocycles. The van der Waals surface area contributed by atoms with Crippen molar-refractivity contribution < 1.29 is 23.7 Å². The largest absolute Gasteiger partial charge is 0.488 e. The van der Waals surface area contributed by atoms with Crippen LogP contribution in [-0.4, -0.2) is 34.5 Å². The lowest BCUT2D eigenvalue weighted by Gasteiger charge is -2.30. The molecule has 0 atom stereocenters. The number of nitrogens with zero attached hydrogens (tertiary/aromatic N) is 2. The Morgan fingerprint density at radius 2 is 0.942 bits per heavy atom. The van der Waals surface area contributed by atoms with E-state index in [1.807, 2.05) is 48.5 Å². The second-order valence-corrected chi connectivity index (χ2v) is 16.6. The maximum atomic E-state index is 6.27. The van der Waals surface area contributed by atoms with Gasteiger partial charge in [-0.2, -0.15) is 0 Å². The lowest BCUT2D eigenvalue weighted by atomic mass is 10.1. The predicted octanol–water partition coefficient (Wildman–Crippen LogP) is 10.7. The van der Waals surface area contributed by atoms with E-state index in [1.165, 1.54) is 11.1 Å². The van der Waals surface area contributed by atoms with Crippen LogP contribution in [0.25, 0.3) is 0 Å². The van der Waals surface area contributed by atoms with E-state index in [0.717, 1.165) is 81.6 Å². The molecule has 0 spiro atoms. The van der Waals surface area contributed by atoms with Gasteiger partial charge in [0, 0.05) is 47.1 Å². The van der Waals surface area contributed by atoms with Crippen LogP contribution in [0.1, 0.15) is 63.8 Å². The highest BCUT2D eigenvalue weighted by atomic mass is 32.2. The molecule has 5 aromatic rings. The molecule has 0 radical (unpaired) electrons. The van der Waals surface area contributed by atoms with Crippen molar-refractivity contribution in [2.24, 2.45) is 0 Å². The van der Waals surface area contributed by atoms with Gasteiger partial charge in [0.05, 0.1) is 0 Å². The first kappa shape index (κ1) is 35.8. The van der Waals surface area contributed by atoms with Crippen LogP contribution in [0.2, 0.25) is 0 Å². The van der Waals surface area contributed by atoms with Crippen molar-refractivity contribution in [2.45, 2.75) is 88.7 Å². The summed E-state index contributed by atoms with van der Waals surface area (Å²) in [6.45, 7) is 16.7. The molecular weight excluding hydrogens is 669 g/mol. The smallest absolute Gasteiger partial charge is 0.142 e. The molecule has 7 rings (SSSR count). The Kier molecular flexibility index (Phi) is 10.4. The summed E-state index contributed by atoms with van der Waals surface area (Å²) in [6.07, 6.45) is 0. The van der Waals surface area contributed by atoms with E-state index in [9.17, 15) is 0 Å². The fourth-order valence-corrected chi connectivity index (χ4v) is 7.08. The Hall–Kier alpha value is -4.63. The zero-order valence-electron chi connectivity index (χ0n) is 31.0. The number of hydrogen-bond donors (Lipinski definition) is 0. The van der Waals surface area contributed by atoms with Gasteiger partial charge in [-0.05, 0) is 138 Å². The van der Waals surface area contributed by atoms with Gasteiger partial charge in [-0.1, -0.05) is 36.0 Å². The molecule has 0 N–H and O–H groups in total. The number of hydrogen-bond acceptors (Lipinski definition) is 8. The Balaban J connectivity index is 0.903. The van der Waals surface area contributed by atoms with E-state index >= 15 is 0 Å². The summed E-state index contributed by atoms with van der Waals surface area (Å²) in [6, 6.07) is 37.5. The second-order valence-electron chi connectivity index (χ2n) is 15.5. The van der Waals surface area contributed by atoms with Gasteiger partial charge in [-0.25, -0.2) is 0 Å². The highest BCUT2D eigenvalue weighted by molar-refractivity contribution is 7.99. The van der Waals surface area contributed by atoms with Gasteiger partial charge in [-0.3, -0.25) is 9.80 Å². The average molecular weight is 717 g/mol. The van der Waals surface area contributed by atoms with Gasteiger partial charge in [0.15, 0.2) is 0 Å². The van der Waals surface area contributed by atoms with Crippen LogP contribution in [0.4, 0.5) is 0 Å². The molecule has 52 heavy (non-hydrogen) atoms. The quantitative estimate of drug-likeness (QED) is 0.142. The highest BCUT2D eigenvalue weighted by Crippen LogP contribution is 2.35. The number of fused-ring (bicyclic) bond motifs is 2. The topological polar surface area (TPSA) is 52.6 Å². The molecule has 0 bridgehead atoms. The third-order valence-corrected chi connectivity index (χ3v) is 9.48. The molecular formula is C44H48N2O5S. The minimum absolute atomic E-state index is 0.212. The Labute approximate surface area is 312 Å². The minimum Gasteiger partial charge on any atom is -0.488 e. The number of ether oxygens (including phenoxy) is 5. The zero-order valence-corrected chi connectivity index (χ0v) is 31.8. The summed E-state index contributed by atoms with van der Waals surface area (Å²) < 4.78 is 30.5. The van der Waals surface area contributed by atoms with Crippen molar-refractivity contribution in [1.82, 2.24) is 9.80 Å². The van der Waals surface area contributed by atoms with Crippen molar-refractivity contribution in [3.8, 4) is 34.5 Å². The molecule has 2 heterocycles. The second kappa shape index (κ2) is 15.2. The fraction of sp³-hybridized carbons (Fsp3) is 0.318. The fourth-order valence-electron chi connectivity index (χ4n) is 6.26. The van der Waals surface area contributed by atoms with Crippen LogP contribution >= 0.6 is 11.8 Å². The van der Waals surface area contributed by atoms with E-state index in [4.69, 9.17) is 23.7 Å². The van der Waals surface area contributed by atoms with E-state index in [-0.39, 0.29) is 11.2 Å². The molecule has 2 aliphatic rings. The predicted molar refractivity (Wildman–Crippen MR) is 207 cm³/mol. The van der Waals surface area contributed by atoms with Crippen LogP contribution < -0.4 is 23.7 Å². The number of rotatable bonds is 10. The van der Waals surface area contributed by atoms with Crippen molar-refractivity contribution in [3.63, 3.8) is 0 Å². The normalized spacial score (nSPS) is 14.8. The van der Waals surface area contributed by atoms with Gasteiger partial charge in [-0.15, -0.1) is 0 Å². The standard InChI is InChI=1S/C44H48N2O5S/c1-43(2,3)50-36-13-19-40(20-14-36)52-39-17-11-35(12-18-39)49-37-15-21-41-33(23-37)27-45(29-47-41)25-31-7-9-32(10-8-31)26-46-28-34-24-38(51-44(4,5)6)16-22-42(34)48-30-46/h7-24H,25-30H2,1-6H3. The first-order valence-electron chi connectivity index (χ1n) is 17.9.